The molecule has 1 fully saturated rings. The smallest absolute Gasteiger partial charge is 0.407 e. The number of hydrogen-bond acceptors (Lipinski definition) is 2. The molecule has 0 bridgehead atoms. The maximum Gasteiger partial charge on any atom is 0.407 e. The van der Waals surface area contributed by atoms with Crippen molar-refractivity contribution < 1.29 is 9.90 Å². The molecule has 0 spiro atoms. The molecule has 1 saturated heterocycles. The molecule has 4 nitrogen and oxygen atoms in total. The molecule has 1 heterocycles. The van der Waals surface area contributed by atoms with Gasteiger partial charge in [0.15, 0.2) is 0 Å². The first-order valence-corrected chi connectivity index (χ1v) is 6.02. The highest BCUT2D eigenvalue weighted by Gasteiger charge is 2.22. The zero-order valence-electron chi connectivity index (χ0n) is 9.07. The number of piperazine rings is 1. The van der Waals surface area contributed by atoms with Gasteiger partial charge < -0.3 is 14.9 Å². The van der Waals surface area contributed by atoms with E-state index < -0.39 is 6.09 Å². The number of benzene rings is 1. The maximum absolute atomic E-state index is 10.8. The van der Waals surface area contributed by atoms with Crippen LogP contribution >= 0.6 is 23.2 Å². The first-order chi connectivity index (χ1) is 8.09. The third kappa shape index (κ3) is 2.58. The summed E-state index contributed by atoms with van der Waals surface area (Å²) in [5, 5.41) is 9.90. The minimum Gasteiger partial charge on any atom is -0.465 e. The van der Waals surface area contributed by atoms with Gasteiger partial charge in [-0.15, -0.1) is 0 Å². The number of halogens is 2. The number of rotatable bonds is 1. The third-order valence-corrected chi connectivity index (χ3v) is 3.63. The van der Waals surface area contributed by atoms with Gasteiger partial charge in [0.1, 0.15) is 0 Å². The highest BCUT2D eigenvalue weighted by molar-refractivity contribution is 6.43. The Bertz CT molecular complexity index is 431. The van der Waals surface area contributed by atoms with Gasteiger partial charge in [0, 0.05) is 26.2 Å². The van der Waals surface area contributed by atoms with E-state index in [9.17, 15) is 4.79 Å². The van der Waals surface area contributed by atoms with Crippen molar-refractivity contribution in [3.8, 4) is 0 Å². The molecule has 92 valence electrons. The van der Waals surface area contributed by atoms with Crippen LogP contribution in [-0.4, -0.2) is 42.3 Å². The second-order valence-electron chi connectivity index (χ2n) is 3.83. The van der Waals surface area contributed by atoms with Crippen molar-refractivity contribution in [2.75, 3.05) is 31.1 Å². The molecule has 2 rings (SSSR count). The van der Waals surface area contributed by atoms with Crippen molar-refractivity contribution in [1.82, 2.24) is 4.90 Å². The highest BCUT2D eigenvalue weighted by atomic mass is 35.5. The predicted molar refractivity (Wildman–Crippen MR) is 68.3 cm³/mol. The second kappa shape index (κ2) is 5.02. The van der Waals surface area contributed by atoms with E-state index in [0.717, 1.165) is 5.69 Å². The zero-order valence-corrected chi connectivity index (χ0v) is 10.6. The van der Waals surface area contributed by atoms with Gasteiger partial charge in [0.25, 0.3) is 0 Å². The van der Waals surface area contributed by atoms with E-state index in [0.29, 0.717) is 36.2 Å². The molecule has 1 aliphatic rings. The van der Waals surface area contributed by atoms with E-state index in [2.05, 4.69) is 0 Å². The minimum absolute atomic E-state index is 0.484. The summed E-state index contributed by atoms with van der Waals surface area (Å²) >= 11 is 12.1. The Kier molecular flexibility index (Phi) is 3.64. The molecular weight excluding hydrogens is 263 g/mol. The Morgan fingerprint density at radius 2 is 1.82 bits per heavy atom. The Morgan fingerprint density at radius 3 is 2.41 bits per heavy atom. The normalized spacial score (nSPS) is 16.1. The number of anilines is 1. The van der Waals surface area contributed by atoms with E-state index in [4.69, 9.17) is 28.3 Å². The third-order valence-electron chi connectivity index (χ3n) is 2.82. The standard InChI is InChI=1S/C11H12Cl2N2O2/c12-8-2-1-3-9(10(8)13)14-4-6-15(7-5-14)11(16)17/h1-3H,4-7H2,(H,16,17). The molecule has 1 aromatic rings. The average Bonchev–Trinajstić information content (AvgIpc) is 2.33. The lowest BCUT2D eigenvalue weighted by Crippen LogP contribution is -2.48. The van der Waals surface area contributed by atoms with Crippen LogP contribution in [0.3, 0.4) is 0 Å². The SMILES string of the molecule is O=C(O)N1CCN(c2cccc(Cl)c2Cl)CC1. The largest absolute Gasteiger partial charge is 0.465 e. The van der Waals surface area contributed by atoms with Gasteiger partial charge in [-0.1, -0.05) is 29.3 Å². The van der Waals surface area contributed by atoms with E-state index in [1.165, 1.54) is 4.90 Å². The van der Waals surface area contributed by atoms with Gasteiger partial charge >= 0.3 is 6.09 Å². The molecule has 0 unspecified atom stereocenters. The van der Waals surface area contributed by atoms with Crippen LogP contribution in [0.5, 0.6) is 0 Å². The summed E-state index contributed by atoms with van der Waals surface area (Å²) in [7, 11) is 0. The molecule has 0 aliphatic carbocycles. The van der Waals surface area contributed by atoms with E-state index in [-0.39, 0.29) is 0 Å². The van der Waals surface area contributed by atoms with Crippen LogP contribution in [0.4, 0.5) is 10.5 Å². The van der Waals surface area contributed by atoms with Crippen LogP contribution < -0.4 is 4.90 Å². The molecule has 17 heavy (non-hydrogen) atoms. The molecule has 1 aromatic carbocycles. The summed E-state index contributed by atoms with van der Waals surface area (Å²) in [6.07, 6.45) is -0.873. The van der Waals surface area contributed by atoms with Crippen LogP contribution in [0.15, 0.2) is 18.2 Å². The molecule has 6 heteroatoms. The molecule has 1 amide bonds. The average molecular weight is 275 g/mol. The zero-order chi connectivity index (χ0) is 12.4. The van der Waals surface area contributed by atoms with Crippen molar-refractivity contribution in [1.29, 1.82) is 0 Å². The Morgan fingerprint density at radius 1 is 1.18 bits per heavy atom. The molecule has 1 aliphatic heterocycles. The van der Waals surface area contributed by atoms with Crippen molar-refractivity contribution in [2.24, 2.45) is 0 Å². The van der Waals surface area contributed by atoms with Crippen LogP contribution in [0.25, 0.3) is 0 Å². The van der Waals surface area contributed by atoms with Gasteiger partial charge in [0.05, 0.1) is 15.7 Å². The predicted octanol–water partition coefficient (Wildman–Crippen LogP) is 2.79. The van der Waals surface area contributed by atoms with Gasteiger partial charge in [-0.25, -0.2) is 4.79 Å². The van der Waals surface area contributed by atoms with Gasteiger partial charge in [-0.3, -0.25) is 0 Å². The molecule has 1 N–H and O–H groups in total. The summed E-state index contributed by atoms with van der Waals surface area (Å²) in [5.41, 5.74) is 0.865. The number of carbonyl (C=O) groups is 1. The van der Waals surface area contributed by atoms with Crippen molar-refractivity contribution in [3.05, 3.63) is 28.2 Å². The van der Waals surface area contributed by atoms with Gasteiger partial charge in [0.2, 0.25) is 0 Å². The fraction of sp³-hybridized carbons (Fsp3) is 0.364. The fourth-order valence-electron chi connectivity index (χ4n) is 1.88. The van der Waals surface area contributed by atoms with E-state index >= 15 is 0 Å². The van der Waals surface area contributed by atoms with Crippen molar-refractivity contribution in [2.45, 2.75) is 0 Å². The number of nitrogens with zero attached hydrogens (tertiary/aromatic N) is 2. The molecule has 0 radical (unpaired) electrons. The number of amides is 1. The van der Waals surface area contributed by atoms with Crippen LogP contribution in [0.2, 0.25) is 10.0 Å². The first-order valence-electron chi connectivity index (χ1n) is 5.26. The van der Waals surface area contributed by atoms with Gasteiger partial charge in [-0.2, -0.15) is 0 Å². The van der Waals surface area contributed by atoms with Crippen molar-refractivity contribution in [3.63, 3.8) is 0 Å². The Hall–Kier alpha value is -1.13. The van der Waals surface area contributed by atoms with Crippen LogP contribution in [0.1, 0.15) is 0 Å². The van der Waals surface area contributed by atoms with Crippen molar-refractivity contribution >= 4 is 35.0 Å². The monoisotopic (exact) mass is 274 g/mol. The first kappa shape index (κ1) is 12.3. The topological polar surface area (TPSA) is 43.8 Å². The summed E-state index contributed by atoms with van der Waals surface area (Å²) < 4.78 is 0. The molecular formula is C11H12Cl2N2O2. The van der Waals surface area contributed by atoms with E-state index in [1.807, 2.05) is 17.0 Å². The lowest BCUT2D eigenvalue weighted by atomic mass is 10.2. The summed E-state index contributed by atoms with van der Waals surface area (Å²) in [6, 6.07) is 5.47. The van der Waals surface area contributed by atoms with Gasteiger partial charge in [-0.05, 0) is 12.1 Å². The van der Waals surface area contributed by atoms with Crippen LogP contribution in [0, 0.1) is 0 Å². The number of carboxylic acid groups (broad SMARTS) is 1. The molecule has 0 aromatic heterocycles. The second-order valence-corrected chi connectivity index (χ2v) is 4.61. The summed E-state index contributed by atoms with van der Waals surface area (Å²) in [6.45, 7) is 2.23. The number of hydrogen-bond donors (Lipinski definition) is 1. The van der Waals surface area contributed by atoms with Crippen LogP contribution in [-0.2, 0) is 0 Å². The lowest BCUT2D eigenvalue weighted by Gasteiger charge is -2.35. The lowest BCUT2D eigenvalue weighted by molar-refractivity contribution is 0.142. The Balaban J connectivity index is 2.10. The Labute approximate surface area is 109 Å². The molecule has 0 saturated carbocycles. The fourth-order valence-corrected chi connectivity index (χ4v) is 2.29. The highest BCUT2D eigenvalue weighted by Crippen LogP contribution is 2.32. The molecule has 0 atom stereocenters. The summed E-state index contributed by atoms with van der Waals surface area (Å²) in [5.74, 6) is 0. The van der Waals surface area contributed by atoms with E-state index in [1.54, 1.807) is 6.07 Å². The maximum atomic E-state index is 10.8. The quantitative estimate of drug-likeness (QED) is 0.857. The minimum atomic E-state index is -0.873. The summed E-state index contributed by atoms with van der Waals surface area (Å²) in [4.78, 5) is 14.2.